The molecule has 0 spiro atoms. The molecule has 0 radical (unpaired) electrons. The van der Waals surface area contributed by atoms with Gasteiger partial charge < -0.3 is 11.1 Å². The van der Waals surface area contributed by atoms with Crippen LogP contribution in [0.3, 0.4) is 0 Å². The number of benzene rings is 1. The van der Waals surface area contributed by atoms with Crippen molar-refractivity contribution in [3.63, 3.8) is 0 Å². The van der Waals surface area contributed by atoms with Gasteiger partial charge >= 0.3 is 0 Å². The van der Waals surface area contributed by atoms with Crippen molar-refractivity contribution in [2.24, 2.45) is 23.5 Å². The maximum atomic E-state index is 12.5. The molecule has 1 aromatic carbocycles. The minimum absolute atomic E-state index is 0. The Kier molecular flexibility index (Phi) is 5.78. The molecule has 2 aliphatic carbocycles. The van der Waals surface area contributed by atoms with E-state index in [4.69, 9.17) is 5.73 Å². The topological polar surface area (TPSA) is 101 Å². The summed E-state index contributed by atoms with van der Waals surface area (Å²) < 4.78 is 25.5. The number of fused-ring (bicyclic) bond motifs is 2. The molecule has 1 aromatic rings. The lowest BCUT2D eigenvalue weighted by atomic mass is 9.84. The molecule has 24 heavy (non-hydrogen) atoms. The van der Waals surface area contributed by atoms with Gasteiger partial charge in [-0.2, -0.15) is 0 Å². The smallest absolute Gasteiger partial charge is 0.232 e. The first-order chi connectivity index (χ1) is 10.9. The van der Waals surface area contributed by atoms with Gasteiger partial charge in [0.05, 0.1) is 11.7 Å². The summed E-state index contributed by atoms with van der Waals surface area (Å²) in [6.45, 7) is 1.58. The second kappa shape index (κ2) is 7.29. The lowest BCUT2D eigenvalue weighted by Crippen LogP contribution is -2.42. The van der Waals surface area contributed by atoms with E-state index in [1.165, 1.54) is 0 Å². The van der Waals surface area contributed by atoms with Gasteiger partial charge in [0.25, 0.3) is 0 Å². The van der Waals surface area contributed by atoms with Crippen molar-refractivity contribution in [1.29, 1.82) is 0 Å². The number of anilines is 2. The molecule has 0 aliphatic heterocycles. The number of nitrogens with one attached hydrogen (secondary N) is 2. The average Bonchev–Trinajstić information content (AvgIpc) is 3.10. The second-order valence-corrected chi connectivity index (χ2v) is 8.52. The number of halogens is 1. The number of hydrogen-bond donors (Lipinski definition) is 3. The summed E-state index contributed by atoms with van der Waals surface area (Å²) in [4.78, 5) is 12.5. The third kappa shape index (κ3) is 3.84. The minimum atomic E-state index is -3.29. The molecule has 2 saturated carbocycles. The molecule has 2 aliphatic rings. The second-order valence-electron chi connectivity index (χ2n) is 6.51. The van der Waals surface area contributed by atoms with Crippen LogP contribution in [-0.4, -0.2) is 26.1 Å². The lowest BCUT2D eigenvalue weighted by Gasteiger charge is -2.27. The lowest BCUT2D eigenvalue weighted by molar-refractivity contribution is -0.121. The monoisotopic (exact) mass is 373 g/mol. The summed E-state index contributed by atoms with van der Waals surface area (Å²) >= 11 is 0. The molecule has 6 nitrogen and oxygen atoms in total. The number of nitrogens with two attached hydrogens (primary N) is 1. The first-order valence-corrected chi connectivity index (χ1v) is 9.72. The molecular weight excluding hydrogens is 350 g/mol. The Morgan fingerprint density at radius 3 is 2.29 bits per heavy atom. The molecule has 8 heteroatoms. The predicted octanol–water partition coefficient (Wildman–Crippen LogP) is 2.18. The average molecular weight is 374 g/mol. The van der Waals surface area contributed by atoms with Gasteiger partial charge in [0, 0.05) is 17.4 Å². The highest BCUT2D eigenvalue weighted by Crippen LogP contribution is 2.47. The zero-order valence-corrected chi connectivity index (χ0v) is 15.2. The Morgan fingerprint density at radius 1 is 1.17 bits per heavy atom. The SMILES string of the molecule is CCS(=O)(=O)Nc1ccc(NC(=O)C2C3CCC(C3)C2N)cc1.Cl. The van der Waals surface area contributed by atoms with E-state index >= 15 is 0 Å². The summed E-state index contributed by atoms with van der Waals surface area (Å²) in [5, 5.41) is 2.91. The van der Waals surface area contributed by atoms with Crippen molar-refractivity contribution < 1.29 is 13.2 Å². The third-order valence-corrected chi connectivity index (χ3v) is 6.40. The highest BCUT2D eigenvalue weighted by atomic mass is 35.5. The molecule has 0 saturated heterocycles. The molecule has 0 heterocycles. The normalized spacial score (nSPS) is 28.2. The zero-order chi connectivity index (χ0) is 16.6. The van der Waals surface area contributed by atoms with Gasteiger partial charge in [0.2, 0.25) is 15.9 Å². The van der Waals surface area contributed by atoms with Gasteiger partial charge in [-0.05, 0) is 62.3 Å². The van der Waals surface area contributed by atoms with E-state index in [9.17, 15) is 13.2 Å². The Balaban J connectivity index is 0.00000208. The van der Waals surface area contributed by atoms with Crippen LogP contribution in [0.2, 0.25) is 0 Å². The van der Waals surface area contributed by atoms with Gasteiger partial charge in [-0.25, -0.2) is 8.42 Å². The Morgan fingerprint density at radius 2 is 1.75 bits per heavy atom. The largest absolute Gasteiger partial charge is 0.327 e. The van der Waals surface area contributed by atoms with E-state index in [-0.39, 0.29) is 36.0 Å². The van der Waals surface area contributed by atoms with Crippen LogP contribution >= 0.6 is 12.4 Å². The van der Waals surface area contributed by atoms with E-state index in [2.05, 4.69) is 10.0 Å². The first-order valence-electron chi connectivity index (χ1n) is 8.06. The summed E-state index contributed by atoms with van der Waals surface area (Å²) in [6, 6.07) is 6.64. The van der Waals surface area contributed by atoms with E-state index in [0.29, 0.717) is 23.2 Å². The van der Waals surface area contributed by atoms with Crippen molar-refractivity contribution in [2.75, 3.05) is 15.8 Å². The van der Waals surface area contributed by atoms with E-state index in [1.54, 1.807) is 31.2 Å². The maximum Gasteiger partial charge on any atom is 0.232 e. The summed E-state index contributed by atoms with van der Waals surface area (Å²) in [5.41, 5.74) is 7.33. The van der Waals surface area contributed by atoms with E-state index in [0.717, 1.165) is 19.3 Å². The fourth-order valence-corrected chi connectivity index (χ4v) is 4.46. The Labute approximate surface area is 149 Å². The summed E-state index contributed by atoms with van der Waals surface area (Å²) in [7, 11) is -3.29. The molecule has 2 bridgehead atoms. The minimum Gasteiger partial charge on any atom is -0.327 e. The molecule has 4 unspecified atom stereocenters. The Hall–Kier alpha value is -1.31. The molecule has 0 aromatic heterocycles. The van der Waals surface area contributed by atoms with Crippen molar-refractivity contribution in [2.45, 2.75) is 32.2 Å². The maximum absolute atomic E-state index is 12.5. The number of hydrogen-bond acceptors (Lipinski definition) is 4. The predicted molar refractivity (Wildman–Crippen MR) is 97.7 cm³/mol. The Bertz CT molecular complexity index is 691. The molecule has 1 amide bonds. The first kappa shape index (κ1) is 19.0. The van der Waals surface area contributed by atoms with Gasteiger partial charge in [0.1, 0.15) is 0 Å². The molecule has 4 N–H and O–H groups in total. The van der Waals surface area contributed by atoms with Crippen LogP contribution in [0.5, 0.6) is 0 Å². The van der Waals surface area contributed by atoms with Crippen LogP contribution < -0.4 is 15.8 Å². The fraction of sp³-hybridized carbons (Fsp3) is 0.562. The summed E-state index contributed by atoms with van der Waals surface area (Å²) in [5.74, 6) is 0.791. The number of sulfonamides is 1. The number of carbonyl (C=O) groups excluding carboxylic acids is 1. The van der Waals surface area contributed by atoms with Crippen molar-refractivity contribution in [3.05, 3.63) is 24.3 Å². The van der Waals surface area contributed by atoms with Crippen LogP contribution in [-0.2, 0) is 14.8 Å². The molecule has 3 rings (SSSR count). The third-order valence-electron chi connectivity index (χ3n) is 5.09. The summed E-state index contributed by atoms with van der Waals surface area (Å²) in [6.07, 6.45) is 3.30. The van der Waals surface area contributed by atoms with Crippen LogP contribution in [0.4, 0.5) is 11.4 Å². The van der Waals surface area contributed by atoms with Crippen molar-refractivity contribution in [3.8, 4) is 0 Å². The quantitative estimate of drug-likeness (QED) is 0.736. The number of carbonyl (C=O) groups is 1. The molecule has 2 fully saturated rings. The van der Waals surface area contributed by atoms with Crippen LogP contribution in [0.1, 0.15) is 26.2 Å². The van der Waals surface area contributed by atoms with Crippen LogP contribution in [0.15, 0.2) is 24.3 Å². The van der Waals surface area contributed by atoms with E-state index < -0.39 is 10.0 Å². The standard InChI is InChI=1S/C16H23N3O3S.ClH/c1-2-23(21,22)19-13-7-5-12(6-8-13)18-16(20)14-10-3-4-11(9-10)15(14)17;/h5-8,10-11,14-15,19H,2-4,9,17H2,1H3,(H,18,20);1H. The van der Waals surface area contributed by atoms with Gasteiger partial charge in [-0.15, -0.1) is 12.4 Å². The fourth-order valence-electron chi connectivity index (χ4n) is 3.82. The molecule has 4 atom stereocenters. The van der Waals surface area contributed by atoms with Crippen LogP contribution in [0, 0.1) is 17.8 Å². The van der Waals surface area contributed by atoms with Crippen molar-refractivity contribution in [1.82, 2.24) is 0 Å². The highest BCUT2D eigenvalue weighted by Gasteiger charge is 2.49. The zero-order valence-electron chi connectivity index (χ0n) is 13.6. The van der Waals surface area contributed by atoms with Gasteiger partial charge in [-0.1, -0.05) is 0 Å². The molecule has 134 valence electrons. The van der Waals surface area contributed by atoms with Crippen LogP contribution in [0.25, 0.3) is 0 Å². The number of amides is 1. The van der Waals surface area contributed by atoms with Gasteiger partial charge in [0.15, 0.2) is 0 Å². The highest BCUT2D eigenvalue weighted by molar-refractivity contribution is 7.92. The van der Waals surface area contributed by atoms with Crippen molar-refractivity contribution >= 4 is 39.7 Å². The molecular formula is C16H24ClN3O3S. The van der Waals surface area contributed by atoms with E-state index in [1.807, 2.05) is 0 Å². The number of rotatable bonds is 5. The van der Waals surface area contributed by atoms with Gasteiger partial charge in [-0.3, -0.25) is 9.52 Å².